The maximum Gasteiger partial charge on any atom is 0.367 e. The first-order valence-corrected chi connectivity index (χ1v) is 5.22. The highest BCUT2D eigenvalue weighted by Crippen LogP contribution is 2.03. The Labute approximate surface area is 92.1 Å². The van der Waals surface area contributed by atoms with Gasteiger partial charge >= 0.3 is 5.69 Å². The second kappa shape index (κ2) is 4.06. The normalized spacial score (nSPS) is 11.0. The summed E-state index contributed by atoms with van der Waals surface area (Å²) < 4.78 is 2.64. The predicted octanol–water partition coefficient (Wildman–Crippen LogP) is -0.0141. The van der Waals surface area contributed by atoms with Gasteiger partial charge in [-0.15, -0.1) is 10.2 Å². The Kier molecular flexibility index (Phi) is 2.77. The molecule has 15 heavy (non-hydrogen) atoms. The van der Waals surface area contributed by atoms with Crippen LogP contribution < -0.4 is 5.69 Å². The molecule has 2 rings (SSSR count). The molecule has 0 saturated carbocycles. The van der Waals surface area contributed by atoms with Crippen molar-refractivity contribution in [1.82, 2.24) is 19.4 Å². The smallest absolute Gasteiger partial charge is 0.244 e. The van der Waals surface area contributed by atoms with Crippen molar-refractivity contribution < 1.29 is 0 Å². The summed E-state index contributed by atoms with van der Waals surface area (Å²) in [6.07, 6.45) is 1.95. The lowest BCUT2D eigenvalue weighted by Crippen LogP contribution is -2.22. The largest absolute Gasteiger partial charge is 0.367 e. The molecule has 0 aromatic carbocycles. The molecular weight excluding hydrogens is 214 g/mol. The molecule has 78 valence electrons. The molecule has 2 aromatic rings. The lowest BCUT2D eigenvalue weighted by molar-refractivity contribution is 0.577. The predicted molar refractivity (Wildman–Crippen MR) is 60.2 cm³/mol. The average Bonchev–Trinajstić information content (AvgIpc) is 2.53. The number of hydrogen-bond donors (Lipinski definition) is 0. The molecule has 0 spiro atoms. The van der Waals surface area contributed by atoms with Crippen LogP contribution in [0.4, 0.5) is 0 Å². The van der Waals surface area contributed by atoms with Crippen molar-refractivity contribution in [3.05, 3.63) is 27.8 Å². The summed E-state index contributed by atoms with van der Waals surface area (Å²) in [6.45, 7) is 0.621. The van der Waals surface area contributed by atoms with Crippen LogP contribution in [0.2, 0.25) is 11.5 Å². The van der Waals surface area contributed by atoms with Crippen molar-refractivity contribution in [3.8, 4) is 0 Å². The minimum Gasteiger partial charge on any atom is -0.244 e. The van der Waals surface area contributed by atoms with Crippen molar-refractivity contribution >= 4 is 25.1 Å². The maximum absolute atomic E-state index is 11.7. The standard InChI is InChI=1S/C8H10BClN4O/c9-4-1-5-13-8(15)14-7(12-13)3-2-6(10)11-14/h2-3H,1,4-5,9H2. The Hall–Kier alpha value is -1.30. The summed E-state index contributed by atoms with van der Waals surface area (Å²) in [5, 5.41) is 8.32. The minimum absolute atomic E-state index is 0.235. The van der Waals surface area contributed by atoms with E-state index in [4.69, 9.17) is 11.6 Å². The Morgan fingerprint density at radius 2 is 2.20 bits per heavy atom. The topological polar surface area (TPSA) is 52.2 Å². The Bertz CT molecular complexity index is 535. The molecule has 2 aromatic heterocycles. The monoisotopic (exact) mass is 224 g/mol. The van der Waals surface area contributed by atoms with Gasteiger partial charge in [0.2, 0.25) is 0 Å². The zero-order chi connectivity index (χ0) is 10.8. The first-order chi connectivity index (χ1) is 7.22. The van der Waals surface area contributed by atoms with Crippen molar-refractivity contribution in [2.45, 2.75) is 19.3 Å². The van der Waals surface area contributed by atoms with Gasteiger partial charge < -0.3 is 0 Å². The van der Waals surface area contributed by atoms with Gasteiger partial charge in [-0.2, -0.15) is 4.52 Å². The van der Waals surface area contributed by atoms with E-state index >= 15 is 0 Å². The molecule has 0 aliphatic carbocycles. The van der Waals surface area contributed by atoms with Crippen LogP contribution in [0.3, 0.4) is 0 Å². The first kappa shape index (κ1) is 10.2. The lowest BCUT2D eigenvalue weighted by Gasteiger charge is -1.93. The third kappa shape index (κ3) is 1.90. The van der Waals surface area contributed by atoms with Gasteiger partial charge in [-0.1, -0.05) is 17.9 Å². The van der Waals surface area contributed by atoms with Crippen LogP contribution in [0.15, 0.2) is 16.9 Å². The van der Waals surface area contributed by atoms with Gasteiger partial charge in [0, 0.05) is 6.54 Å². The fourth-order valence-electron chi connectivity index (χ4n) is 1.34. The van der Waals surface area contributed by atoms with E-state index in [1.54, 1.807) is 12.1 Å². The van der Waals surface area contributed by atoms with E-state index in [1.807, 2.05) is 0 Å². The number of halogens is 1. The van der Waals surface area contributed by atoms with Gasteiger partial charge in [-0.25, -0.2) is 9.48 Å². The second-order valence-corrected chi connectivity index (χ2v) is 3.67. The molecular formula is C8H10BClN4O. The van der Waals surface area contributed by atoms with Crippen molar-refractivity contribution in [2.75, 3.05) is 0 Å². The Balaban J connectivity index is 2.50. The van der Waals surface area contributed by atoms with E-state index in [1.165, 1.54) is 9.20 Å². The van der Waals surface area contributed by atoms with Gasteiger partial charge in [0.1, 0.15) is 13.0 Å². The summed E-state index contributed by atoms with van der Waals surface area (Å²) in [4.78, 5) is 11.7. The highest BCUT2D eigenvalue weighted by Gasteiger charge is 2.07. The molecule has 0 fully saturated rings. The van der Waals surface area contributed by atoms with E-state index in [-0.39, 0.29) is 5.69 Å². The van der Waals surface area contributed by atoms with Crippen molar-refractivity contribution in [2.24, 2.45) is 0 Å². The second-order valence-electron chi connectivity index (χ2n) is 3.29. The number of rotatable bonds is 3. The summed E-state index contributed by atoms with van der Waals surface area (Å²) >= 11 is 5.70. The highest BCUT2D eigenvalue weighted by molar-refractivity contribution is 6.29. The van der Waals surface area contributed by atoms with E-state index in [0.717, 1.165) is 12.7 Å². The molecule has 0 N–H and O–H groups in total. The third-order valence-corrected chi connectivity index (χ3v) is 2.33. The van der Waals surface area contributed by atoms with Gasteiger partial charge in [-0.3, -0.25) is 0 Å². The van der Waals surface area contributed by atoms with E-state index in [9.17, 15) is 4.79 Å². The van der Waals surface area contributed by atoms with Crippen LogP contribution in [0.25, 0.3) is 5.65 Å². The molecule has 0 bridgehead atoms. The van der Waals surface area contributed by atoms with E-state index in [0.29, 0.717) is 17.3 Å². The minimum atomic E-state index is -0.235. The van der Waals surface area contributed by atoms with Gasteiger partial charge in [0.05, 0.1) is 0 Å². The zero-order valence-electron chi connectivity index (χ0n) is 8.35. The molecule has 0 aliphatic heterocycles. The van der Waals surface area contributed by atoms with Crippen molar-refractivity contribution in [3.63, 3.8) is 0 Å². The van der Waals surface area contributed by atoms with Crippen LogP contribution >= 0.6 is 11.6 Å². The van der Waals surface area contributed by atoms with Crippen LogP contribution in [-0.2, 0) is 6.54 Å². The fourth-order valence-corrected chi connectivity index (χ4v) is 1.48. The molecule has 0 amide bonds. The van der Waals surface area contributed by atoms with Gasteiger partial charge in [-0.05, 0) is 18.6 Å². The number of fused-ring (bicyclic) bond motifs is 1. The van der Waals surface area contributed by atoms with Crippen LogP contribution in [-0.4, -0.2) is 27.2 Å². The number of aromatic nitrogens is 4. The van der Waals surface area contributed by atoms with Crippen LogP contribution in [0.1, 0.15) is 6.42 Å². The molecule has 0 saturated heterocycles. The summed E-state index contributed by atoms with van der Waals surface area (Å²) in [7, 11) is 2.07. The Morgan fingerprint density at radius 1 is 1.40 bits per heavy atom. The molecule has 5 nitrogen and oxygen atoms in total. The number of hydrogen-bond acceptors (Lipinski definition) is 3. The van der Waals surface area contributed by atoms with Gasteiger partial charge in [0.25, 0.3) is 0 Å². The average molecular weight is 224 g/mol. The maximum atomic E-state index is 11.7. The number of nitrogens with zero attached hydrogens (tertiary/aromatic N) is 4. The molecule has 7 heteroatoms. The summed E-state index contributed by atoms with van der Waals surface area (Å²) in [5.41, 5.74) is 0.293. The third-order valence-electron chi connectivity index (χ3n) is 2.13. The summed E-state index contributed by atoms with van der Waals surface area (Å²) in [5.74, 6) is 0. The Morgan fingerprint density at radius 3 is 2.93 bits per heavy atom. The van der Waals surface area contributed by atoms with Gasteiger partial charge in [0.15, 0.2) is 5.65 Å². The fraction of sp³-hybridized carbons (Fsp3) is 0.375. The van der Waals surface area contributed by atoms with E-state index in [2.05, 4.69) is 18.0 Å². The molecule has 0 aliphatic rings. The lowest BCUT2D eigenvalue weighted by atomic mass is 10.0. The van der Waals surface area contributed by atoms with Crippen molar-refractivity contribution in [1.29, 1.82) is 0 Å². The number of aryl methyl sites for hydroxylation is 1. The molecule has 2 heterocycles. The van der Waals surface area contributed by atoms with E-state index < -0.39 is 0 Å². The zero-order valence-corrected chi connectivity index (χ0v) is 9.11. The molecule has 0 radical (unpaired) electrons. The highest BCUT2D eigenvalue weighted by atomic mass is 35.5. The quantitative estimate of drug-likeness (QED) is 0.689. The molecule has 0 atom stereocenters. The molecule has 0 unspecified atom stereocenters. The summed E-state index contributed by atoms with van der Waals surface area (Å²) in [6, 6.07) is 3.30. The SMILES string of the molecule is BCCCn1nc2ccc(Cl)nn2c1=O. The van der Waals surface area contributed by atoms with Crippen LogP contribution in [0.5, 0.6) is 0 Å². The van der Waals surface area contributed by atoms with Crippen LogP contribution in [0, 0.1) is 0 Å². The first-order valence-electron chi connectivity index (χ1n) is 4.85.